The molecule has 0 bridgehead atoms. The fraction of sp³-hybridized carbons (Fsp3) is 0. The molecule has 16 heavy (non-hydrogen) atoms. The summed E-state index contributed by atoms with van der Waals surface area (Å²) in [5.41, 5.74) is -0.0727. The monoisotopic (exact) mass is 232 g/mol. The van der Waals surface area contributed by atoms with E-state index in [0.717, 1.165) is 4.57 Å². The normalized spacial score (nSPS) is 10.0. The molecular weight excluding hydrogens is 224 g/mol. The van der Waals surface area contributed by atoms with Crippen molar-refractivity contribution in [1.82, 2.24) is 9.55 Å². The van der Waals surface area contributed by atoms with Crippen molar-refractivity contribution in [3.8, 4) is 0 Å². The summed E-state index contributed by atoms with van der Waals surface area (Å²) in [6.07, 6.45) is 1.37. The van der Waals surface area contributed by atoms with Crippen LogP contribution >= 0.6 is 12.2 Å². The van der Waals surface area contributed by atoms with Gasteiger partial charge >= 0.3 is 5.69 Å². The van der Waals surface area contributed by atoms with Gasteiger partial charge in [-0.15, -0.1) is 0 Å². The smallest absolute Gasteiger partial charge is 0.298 e. The summed E-state index contributed by atoms with van der Waals surface area (Å²) >= 11 is 4.78. The fourth-order valence-electron chi connectivity index (χ4n) is 1.30. The van der Waals surface area contributed by atoms with E-state index in [1.165, 1.54) is 12.3 Å². The lowest BCUT2D eigenvalue weighted by atomic mass is 10.2. The highest BCUT2D eigenvalue weighted by Gasteiger charge is 2.08. The van der Waals surface area contributed by atoms with Crippen molar-refractivity contribution in [2.75, 3.05) is 0 Å². The van der Waals surface area contributed by atoms with Crippen molar-refractivity contribution in [2.45, 2.75) is 0 Å². The molecule has 1 aromatic carbocycles. The Bertz CT molecular complexity index is 628. The van der Waals surface area contributed by atoms with Gasteiger partial charge in [0.05, 0.1) is 0 Å². The Balaban J connectivity index is 2.51. The van der Waals surface area contributed by atoms with E-state index in [1.807, 2.05) is 0 Å². The molecule has 0 unspecified atom stereocenters. The summed E-state index contributed by atoms with van der Waals surface area (Å²) in [6.45, 7) is 0. The maximum absolute atomic E-state index is 11.9. The molecule has 5 heteroatoms. The molecule has 1 aromatic heterocycles. The molecule has 80 valence electrons. The first kappa shape index (κ1) is 10.5. The number of aromatic amines is 1. The Kier molecular flexibility index (Phi) is 2.78. The van der Waals surface area contributed by atoms with Crippen LogP contribution in [0.1, 0.15) is 10.4 Å². The van der Waals surface area contributed by atoms with E-state index in [1.54, 1.807) is 30.3 Å². The summed E-state index contributed by atoms with van der Waals surface area (Å²) in [4.78, 5) is 25.8. The molecule has 0 atom stereocenters. The van der Waals surface area contributed by atoms with Crippen LogP contribution in [0.2, 0.25) is 0 Å². The molecule has 2 rings (SSSR count). The van der Waals surface area contributed by atoms with Crippen molar-refractivity contribution < 1.29 is 4.79 Å². The quantitative estimate of drug-likeness (QED) is 0.760. The zero-order valence-corrected chi connectivity index (χ0v) is 9.03. The third-order valence-corrected chi connectivity index (χ3v) is 2.30. The minimum absolute atomic E-state index is 0.308. The number of nitrogens with one attached hydrogen (secondary N) is 1. The van der Waals surface area contributed by atoms with Crippen molar-refractivity contribution >= 4 is 18.1 Å². The van der Waals surface area contributed by atoms with Crippen LogP contribution in [0.4, 0.5) is 0 Å². The average molecular weight is 232 g/mol. The van der Waals surface area contributed by atoms with Gasteiger partial charge in [0.1, 0.15) is 4.64 Å². The topological polar surface area (TPSA) is 54.9 Å². The van der Waals surface area contributed by atoms with Crippen LogP contribution in [-0.2, 0) is 0 Å². The third kappa shape index (κ3) is 1.99. The number of carbonyl (C=O) groups is 1. The predicted molar refractivity (Wildman–Crippen MR) is 62.1 cm³/mol. The summed E-state index contributed by atoms with van der Waals surface area (Å²) in [5.74, 6) is -0.378. The fourth-order valence-corrected chi connectivity index (χ4v) is 1.45. The Morgan fingerprint density at radius 1 is 1.19 bits per heavy atom. The number of benzene rings is 1. The SMILES string of the molecule is O=C(c1ccccc1)n1ccc(=S)[nH]c1=O. The van der Waals surface area contributed by atoms with Crippen molar-refractivity contribution in [2.24, 2.45) is 0 Å². The van der Waals surface area contributed by atoms with Crippen LogP contribution in [0.5, 0.6) is 0 Å². The first-order valence-electron chi connectivity index (χ1n) is 4.60. The van der Waals surface area contributed by atoms with Crippen LogP contribution in [-0.4, -0.2) is 15.5 Å². The first-order valence-corrected chi connectivity index (χ1v) is 5.01. The molecule has 0 aliphatic rings. The maximum atomic E-state index is 11.9. The minimum Gasteiger partial charge on any atom is -0.298 e. The van der Waals surface area contributed by atoms with Gasteiger partial charge in [-0.2, -0.15) is 0 Å². The third-order valence-electron chi connectivity index (χ3n) is 2.06. The van der Waals surface area contributed by atoms with Gasteiger partial charge in [0.2, 0.25) is 0 Å². The van der Waals surface area contributed by atoms with E-state index in [9.17, 15) is 9.59 Å². The minimum atomic E-state index is -0.527. The Morgan fingerprint density at radius 3 is 2.50 bits per heavy atom. The second kappa shape index (κ2) is 4.24. The van der Waals surface area contributed by atoms with Crippen LogP contribution < -0.4 is 5.69 Å². The molecule has 0 radical (unpaired) electrons. The molecular formula is C11H8N2O2S. The van der Waals surface area contributed by atoms with Crippen LogP contribution in [0.15, 0.2) is 47.4 Å². The van der Waals surface area contributed by atoms with Gasteiger partial charge in [-0.3, -0.25) is 9.78 Å². The van der Waals surface area contributed by atoms with Crippen molar-refractivity contribution in [3.63, 3.8) is 0 Å². The number of carbonyl (C=O) groups excluding carboxylic acids is 1. The molecule has 0 aliphatic carbocycles. The highest BCUT2D eigenvalue weighted by Crippen LogP contribution is 2.00. The van der Waals surface area contributed by atoms with Gasteiger partial charge in [0, 0.05) is 11.8 Å². The number of H-pyrrole nitrogens is 1. The van der Waals surface area contributed by atoms with E-state index < -0.39 is 5.69 Å². The molecule has 0 saturated heterocycles. The first-order chi connectivity index (χ1) is 7.68. The highest BCUT2D eigenvalue weighted by molar-refractivity contribution is 7.71. The van der Waals surface area contributed by atoms with Gasteiger partial charge in [-0.1, -0.05) is 30.4 Å². The Morgan fingerprint density at radius 2 is 1.88 bits per heavy atom. The summed E-state index contributed by atoms with van der Waals surface area (Å²) in [6, 6.07) is 10.1. The molecule has 0 amide bonds. The van der Waals surface area contributed by atoms with E-state index in [-0.39, 0.29) is 5.91 Å². The largest absolute Gasteiger partial charge is 0.333 e. The van der Waals surface area contributed by atoms with Gasteiger partial charge in [0.25, 0.3) is 5.91 Å². The molecule has 1 N–H and O–H groups in total. The number of aromatic nitrogens is 2. The standard InChI is InChI=1S/C11H8N2O2S/c14-10(8-4-2-1-3-5-8)13-7-6-9(16)12-11(13)15/h1-7H,(H,12,15,16). The Labute approximate surface area is 96.2 Å². The molecule has 0 saturated carbocycles. The maximum Gasteiger partial charge on any atom is 0.333 e. The molecule has 2 aromatic rings. The Hall–Kier alpha value is -2.01. The lowest BCUT2D eigenvalue weighted by Gasteiger charge is -2.02. The summed E-state index contributed by atoms with van der Waals surface area (Å²) < 4.78 is 1.30. The number of hydrogen-bond donors (Lipinski definition) is 1. The number of hydrogen-bond acceptors (Lipinski definition) is 3. The summed E-state index contributed by atoms with van der Waals surface area (Å²) in [7, 11) is 0. The van der Waals surface area contributed by atoms with Gasteiger partial charge in [-0.25, -0.2) is 9.36 Å². The molecule has 0 fully saturated rings. The second-order valence-electron chi connectivity index (χ2n) is 3.15. The molecule has 4 nitrogen and oxygen atoms in total. The summed E-state index contributed by atoms with van der Waals surface area (Å²) in [5, 5.41) is 0. The average Bonchev–Trinajstić information content (AvgIpc) is 2.29. The number of rotatable bonds is 1. The van der Waals surface area contributed by atoms with Crippen molar-refractivity contribution in [1.29, 1.82) is 0 Å². The van der Waals surface area contributed by atoms with E-state index in [2.05, 4.69) is 4.98 Å². The van der Waals surface area contributed by atoms with Crippen molar-refractivity contribution in [3.05, 3.63) is 63.3 Å². The van der Waals surface area contributed by atoms with Crippen LogP contribution in [0, 0.1) is 4.64 Å². The molecule has 0 aliphatic heterocycles. The van der Waals surface area contributed by atoms with E-state index in [0.29, 0.717) is 10.2 Å². The second-order valence-corrected chi connectivity index (χ2v) is 3.59. The van der Waals surface area contributed by atoms with Gasteiger partial charge in [0.15, 0.2) is 0 Å². The van der Waals surface area contributed by atoms with Crippen LogP contribution in [0.25, 0.3) is 0 Å². The van der Waals surface area contributed by atoms with E-state index >= 15 is 0 Å². The lowest BCUT2D eigenvalue weighted by Crippen LogP contribution is -2.28. The highest BCUT2D eigenvalue weighted by atomic mass is 32.1. The lowest BCUT2D eigenvalue weighted by molar-refractivity contribution is 0.0954. The predicted octanol–water partition coefficient (Wildman–Crippen LogP) is 1.59. The van der Waals surface area contributed by atoms with Gasteiger partial charge < -0.3 is 0 Å². The molecule has 1 heterocycles. The zero-order valence-electron chi connectivity index (χ0n) is 8.21. The zero-order chi connectivity index (χ0) is 11.5. The molecule has 0 spiro atoms. The van der Waals surface area contributed by atoms with E-state index in [4.69, 9.17) is 12.2 Å². The van der Waals surface area contributed by atoms with Gasteiger partial charge in [-0.05, 0) is 18.2 Å². The number of nitrogens with zero attached hydrogens (tertiary/aromatic N) is 1. The van der Waals surface area contributed by atoms with Crippen LogP contribution in [0.3, 0.4) is 0 Å².